The first-order valence-corrected chi connectivity index (χ1v) is 8.55. The van der Waals surface area contributed by atoms with Crippen molar-refractivity contribution in [2.45, 2.75) is 45.4 Å². The minimum absolute atomic E-state index is 0.00117. The molecule has 0 saturated carbocycles. The predicted molar refractivity (Wildman–Crippen MR) is 93.7 cm³/mol. The van der Waals surface area contributed by atoms with Crippen LogP contribution in [0.4, 0.5) is 11.4 Å². The zero-order valence-corrected chi connectivity index (χ0v) is 13.9. The Labute approximate surface area is 138 Å². The average molecular weight is 317 g/mol. The number of amides is 2. The number of anilines is 2. The Hall–Kier alpha value is -2.04. The van der Waals surface area contributed by atoms with Crippen molar-refractivity contribution < 1.29 is 9.59 Å². The van der Waals surface area contributed by atoms with Crippen LogP contribution in [0, 0.1) is 0 Å². The van der Waals surface area contributed by atoms with Gasteiger partial charge < -0.3 is 15.5 Å². The van der Waals surface area contributed by atoms with E-state index in [1.54, 1.807) is 0 Å². The van der Waals surface area contributed by atoms with Gasteiger partial charge in [0.05, 0.1) is 11.4 Å². The summed E-state index contributed by atoms with van der Waals surface area (Å²) in [7, 11) is 0. The molecule has 0 radical (unpaired) electrons. The molecule has 1 aromatic rings. The maximum atomic E-state index is 12.1. The molecule has 2 amide bonds. The molecular formula is C18H27N3O2. The standard InChI is InChI=1S/C18H27N3O2/c1-15(22)19-12-6-2-3-11-18(23)20-16-9-4-5-10-17(16)21-13-7-8-14-21/h4-5,9-10H,2-3,6-8,11-14H2,1H3,(H,19,22)(H,20,23). The van der Waals surface area contributed by atoms with Gasteiger partial charge in [-0.1, -0.05) is 18.6 Å². The molecule has 0 aromatic heterocycles. The van der Waals surface area contributed by atoms with Crippen molar-refractivity contribution in [2.75, 3.05) is 29.9 Å². The maximum absolute atomic E-state index is 12.1. The van der Waals surface area contributed by atoms with E-state index in [0.717, 1.165) is 43.7 Å². The van der Waals surface area contributed by atoms with Crippen molar-refractivity contribution in [1.82, 2.24) is 5.32 Å². The lowest BCUT2D eigenvalue weighted by Crippen LogP contribution is -2.21. The smallest absolute Gasteiger partial charge is 0.224 e. The molecule has 126 valence electrons. The number of nitrogens with one attached hydrogen (secondary N) is 2. The Balaban J connectivity index is 1.74. The van der Waals surface area contributed by atoms with Gasteiger partial charge in [-0.25, -0.2) is 0 Å². The fourth-order valence-electron chi connectivity index (χ4n) is 2.88. The monoisotopic (exact) mass is 317 g/mol. The number of carbonyl (C=O) groups is 2. The van der Waals surface area contributed by atoms with Gasteiger partial charge in [-0.2, -0.15) is 0 Å². The zero-order chi connectivity index (χ0) is 16.5. The highest BCUT2D eigenvalue weighted by molar-refractivity contribution is 5.94. The van der Waals surface area contributed by atoms with Crippen molar-refractivity contribution in [3.8, 4) is 0 Å². The lowest BCUT2D eigenvalue weighted by molar-refractivity contribution is -0.119. The number of nitrogens with zero attached hydrogens (tertiary/aromatic N) is 1. The summed E-state index contributed by atoms with van der Waals surface area (Å²) in [5.41, 5.74) is 2.04. The third-order valence-corrected chi connectivity index (χ3v) is 4.08. The number of rotatable bonds is 8. The van der Waals surface area contributed by atoms with Crippen molar-refractivity contribution in [3.05, 3.63) is 24.3 Å². The van der Waals surface area contributed by atoms with Gasteiger partial charge in [-0.05, 0) is 37.8 Å². The first kappa shape index (κ1) is 17.3. The zero-order valence-electron chi connectivity index (χ0n) is 13.9. The van der Waals surface area contributed by atoms with E-state index in [9.17, 15) is 9.59 Å². The molecule has 2 rings (SSSR count). The van der Waals surface area contributed by atoms with Crippen LogP contribution >= 0.6 is 0 Å². The summed E-state index contributed by atoms with van der Waals surface area (Å²) in [6, 6.07) is 8.03. The van der Waals surface area contributed by atoms with Crippen LogP contribution in [0.15, 0.2) is 24.3 Å². The van der Waals surface area contributed by atoms with Gasteiger partial charge in [-0.3, -0.25) is 9.59 Å². The van der Waals surface area contributed by atoms with Crippen molar-refractivity contribution in [2.24, 2.45) is 0 Å². The van der Waals surface area contributed by atoms with E-state index in [0.29, 0.717) is 13.0 Å². The first-order valence-electron chi connectivity index (χ1n) is 8.55. The highest BCUT2D eigenvalue weighted by Gasteiger charge is 2.16. The maximum Gasteiger partial charge on any atom is 0.224 e. The minimum Gasteiger partial charge on any atom is -0.370 e. The third kappa shape index (κ3) is 5.93. The summed E-state index contributed by atoms with van der Waals surface area (Å²) in [6.45, 7) is 4.34. The lowest BCUT2D eigenvalue weighted by Gasteiger charge is -2.21. The quantitative estimate of drug-likeness (QED) is 0.725. The molecule has 1 aliphatic heterocycles. The highest BCUT2D eigenvalue weighted by Crippen LogP contribution is 2.28. The van der Waals surface area contributed by atoms with E-state index in [2.05, 4.69) is 21.6 Å². The van der Waals surface area contributed by atoms with Gasteiger partial charge in [0.15, 0.2) is 0 Å². The van der Waals surface area contributed by atoms with E-state index in [4.69, 9.17) is 0 Å². The van der Waals surface area contributed by atoms with Crippen LogP contribution in [0.1, 0.15) is 45.4 Å². The Kier molecular flexibility index (Phi) is 6.91. The molecule has 5 nitrogen and oxygen atoms in total. The van der Waals surface area contributed by atoms with E-state index < -0.39 is 0 Å². The van der Waals surface area contributed by atoms with Crippen LogP contribution < -0.4 is 15.5 Å². The topological polar surface area (TPSA) is 61.4 Å². The first-order chi connectivity index (χ1) is 11.2. The van der Waals surface area contributed by atoms with Crippen LogP contribution in [0.3, 0.4) is 0 Å². The predicted octanol–water partition coefficient (Wildman–Crippen LogP) is 2.92. The number of hydrogen-bond donors (Lipinski definition) is 2. The largest absolute Gasteiger partial charge is 0.370 e. The Morgan fingerprint density at radius 3 is 2.57 bits per heavy atom. The lowest BCUT2D eigenvalue weighted by atomic mass is 10.1. The summed E-state index contributed by atoms with van der Waals surface area (Å²) < 4.78 is 0. The molecule has 0 spiro atoms. The minimum atomic E-state index is 0.00117. The Morgan fingerprint density at radius 1 is 1.09 bits per heavy atom. The number of carbonyl (C=O) groups excluding carboxylic acids is 2. The van der Waals surface area contributed by atoms with Gasteiger partial charge in [-0.15, -0.1) is 0 Å². The number of hydrogen-bond acceptors (Lipinski definition) is 3. The van der Waals surface area contributed by atoms with Crippen LogP contribution in [-0.2, 0) is 9.59 Å². The van der Waals surface area contributed by atoms with Gasteiger partial charge in [0, 0.05) is 33.0 Å². The van der Waals surface area contributed by atoms with Crippen molar-refractivity contribution in [1.29, 1.82) is 0 Å². The SMILES string of the molecule is CC(=O)NCCCCCC(=O)Nc1ccccc1N1CCCC1. The average Bonchev–Trinajstić information content (AvgIpc) is 3.05. The van der Waals surface area contributed by atoms with E-state index in [1.807, 2.05) is 18.2 Å². The second-order valence-corrected chi connectivity index (χ2v) is 6.05. The fraction of sp³-hybridized carbons (Fsp3) is 0.556. The summed E-state index contributed by atoms with van der Waals surface area (Å²) >= 11 is 0. The molecule has 0 unspecified atom stereocenters. The molecular weight excluding hydrogens is 290 g/mol. The molecule has 23 heavy (non-hydrogen) atoms. The highest BCUT2D eigenvalue weighted by atomic mass is 16.2. The molecule has 0 bridgehead atoms. The molecule has 1 saturated heterocycles. The molecule has 0 atom stereocenters. The van der Waals surface area contributed by atoms with Gasteiger partial charge >= 0.3 is 0 Å². The van der Waals surface area contributed by atoms with Crippen LogP contribution in [-0.4, -0.2) is 31.4 Å². The van der Waals surface area contributed by atoms with E-state index in [1.165, 1.54) is 19.8 Å². The number of para-hydroxylation sites is 2. The molecule has 1 fully saturated rings. The third-order valence-electron chi connectivity index (χ3n) is 4.08. The second-order valence-electron chi connectivity index (χ2n) is 6.05. The molecule has 1 heterocycles. The molecule has 0 aliphatic carbocycles. The fourth-order valence-corrected chi connectivity index (χ4v) is 2.88. The van der Waals surface area contributed by atoms with Crippen molar-refractivity contribution >= 4 is 23.2 Å². The molecule has 1 aromatic carbocycles. The normalized spacial score (nSPS) is 13.9. The van der Waals surface area contributed by atoms with Crippen LogP contribution in [0.2, 0.25) is 0 Å². The van der Waals surface area contributed by atoms with Crippen LogP contribution in [0.25, 0.3) is 0 Å². The second kappa shape index (κ2) is 9.18. The van der Waals surface area contributed by atoms with E-state index >= 15 is 0 Å². The molecule has 5 heteroatoms. The Morgan fingerprint density at radius 2 is 1.83 bits per heavy atom. The van der Waals surface area contributed by atoms with Gasteiger partial charge in [0.2, 0.25) is 11.8 Å². The van der Waals surface area contributed by atoms with Crippen molar-refractivity contribution in [3.63, 3.8) is 0 Å². The molecule has 2 N–H and O–H groups in total. The van der Waals surface area contributed by atoms with Gasteiger partial charge in [0.25, 0.3) is 0 Å². The number of unbranched alkanes of at least 4 members (excludes halogenated alkanes) is 2. The summed E-state index contributed by atoms with van der Waals surface area (Å²) in [5, 5.41) is 5.81. The number of benzene rings is 1. The summed E-state index contributed by atoms with van der Waals surface area (Å²) in [5.74, 6) is 0.0671. The van der Waals surface area contributed by atoms with Gasteiger partial charge in [0.1, 0.15) is 0 Å². The summed E-state index contributed by atoms with van der Waals surface area (Å²) in [4.78, 5) is 25.2. The van der Waals surface area contributed by atoms with Crippen LogP contribution in [0.5, 0.6) is 0 Å². The molecule has 1 aliphatic rings. The van der Waals surface area contributed by atoms with E-state index in [-0.39, 0.29) is 11.8 Å². The summed E-state index contributed by atoms with van der Waals surface area (Å²) in [6.07, 6.45) is 5.66. The Bertz CT molecular complexity index is 525.